The average Bonchev–Trinajstić information content (AvgIpc) is 3.01. The van der Waals surface area contributed by atoms with Crippen LogP contribution in [0.2, 0.25) is 5.02 Å². The summed E-state index contributed by atoms with van der Waals surface area (Å²) in [5.74, 6) is -2.90. The zero-order valence-corrected chi connectivity index (χ0v) is 24.9. The molecule has 11 heteroatoms. The minimum atomic E-state index is -0.903. The number of aliphatic hydroxyl groups excluding tert-OH is 1. The lowest BCUT2D eigenvalue weighted by Gasteiger charge is -2.34. The molecule has 2 atom stereocenters. The van der Waals surface area contributed by atoms with Gasteiger partial charge in [0.2, 0.25) is 11.8 Å². The van der Waals surface area contributed by atoms with Crippen molar-refractivity contribution in [1.29, 1.82) is 0 Å². The van der Waals surface area contributed by atoms with Crippen molar-refractivity contribution < 1.29 is 28.3 Å². The summed E-state index contributed by atoms with van der Waals surface area (Å²) in [6.45, 7) is 2.02. The van der Waals surface area contributed by atoms with E-state index in [2.05, 4.69) is 15.6 Å². The molecular weight excluding hydrogens is 590 g/mol. The van der Waals surface area contributed by atoms with Crippen LogP contribution >= 0.6 is 11.6 Å². The zero-order chi connectivity index (χ0) is 31.5. The molecule has 0 spiro atoms. The van der Waals surface area contributed by atoms with Crippen LogP contribution in [-0.4, -0.2) is 46.7 Å². The molecule has 3 heterocycles. The Bertz CT molecular complexity index is 1710. The van der Waals surface area contributed by atoms with Gasteiger partial charge in [-0.1, -0.05) is 24.9 Å². The first-order valence-electron chi connectivity index (χ1n) is 14.3. The van der Waals surface area contributed by atoms with Crippen LogP contribution in [-0.2, 0) is 14.4 Å². The number of allylic oxidation sites excluding steroid dienone is 1. The highest BCUT2D eigenvalue weighted by Crippen LogP contribution is 2.39. The van der Waals surface area contributed by atoms with Gasteiger partial charge in [-0.25, -0.2) is 8.78 Å². The number of rotatable bonds is 5. The Morgan fingerprint density at radius 2 is 1.98 bits per heavy atom. The van der Waals surface area contributed by atoms with Crippen LogP contribution in [0.5, 0.6) is 0 Å². The topological polar surface area (TPSA) is 112 Å². The molecule has 0 aliphatic carbocycles. The molecule has 0 saturated heterocycles. The molecule has 0 saturated carbocycles. The third-order valence-corrected chi connectivity index (χ3v) is 8.42. The van der Waals surface area contributed by atoms with Gasteiger partial charge in [-0.2, -0.15) is 0 Å². The van der Waals surface area contributed by atoms with E-state index in [1.807, 2.05) is 13.0 Å². The smallest absolute Gasteiger partial charge is 0.247 e. The highest BCUT2D eigenvalue weighted by atomic mass is 35.5. The maximum atomic E-state index is 14.8. The van der Waals surface area contributed by atoms with Crippen LogP contribution in [0.1, 0.15) is 55.5 Å². The molecule has 8 nitrogen and oxygen atoms in total. The molecule has 2 amide bonds. The Labute approximate surface area is 258 Å². The number of pyridine rings is 1. The first kappa shape index (κ1) is 30.9. The fourth-order valence-corrected chi connectivity index (χ4v) is 5.92. The molecule has 0 fully saturated rings. The Balaban J connectivity index is 1.59. The number of carbonyl (C=O) groups is 3. The van der Waals surface area contributed by atoms with Crippen molar-refractivity contribution in [2.75, 3.05) is 24.2 Å². The van der Waals surface area contributed by atoms with Gasteiger partial charge in [-0.05, 0) is 66.8 Å². The number of anilines is 2. The van der Waals surface area contributed by atoms with Gasteiger partial charge < -0.3 is 20.6 Å². The lowest BCUT2D eigenvalue weighted by molar-refractivity contribution is -0.129. The third-order valence-electron chi connectivity index (χ3n) is 8.13. The fraction of sp³-hybridized carbons (Fsp3) is 0.273. The van der Waals surface area contributed by atoms with Gasteiger partial charge in [0, 0.05) is 54.7 Å². The fourth-order valence-electron chi connectivity index (χ4n) is 5.76. The van der Waals surface area contributed by atoms with Crippen LogP contribution < -0.4 is 10.6 Å². The number of aldehydes is 1. The number of benzene rings is 2. The summed E-state index contributed by atoms with van der Waals surface area (Å²) in [6, 6.07) is 8.69. The number of aliphatic hydroxyl groups is 1. The van der Waals surface area contributed by atoms with Gasteiger partial charge in [0.1, 0.15) is 17.9 Å². The Morgan fingerprint density at radius 1 is 1.18 bits per heavy atom. The second-order valence-electron chi connectivity index (χ2n) is 10.9. The van der Waals surface area contributed by atoms with Crippen molar-refractivity contribution in [2.45, 2.75) is 38.6 Å². The molecule has 44 heavy (non-hydrogen) atoms. The summed E-state index contributed by atoms with van der Waals surface area (Å²) in [5, 5.41) is 16.4. The summed E-state index contributed by atoms with van der Waals surface area (Å²) in [7, 11) is 1.67. The van der Waals surface area contributed by atoms with Gasteiger partial charge in [0.05, 0.1) is 28.0 Å². The number of amides is 2. The summed E-state index contributed by atoms with van der Waals surface area (Å²) >= 11 is 5.90. The van der Waals surface area contributed by atoms with Crippen molar-refractivity contribution in [3.05, 3.63) is 88.2 Å². The van der Waals surface area contributed by atoms with Gasteiger partial charge in [-0.15, -0.1) is 0 Å². The monoisotopic (exact) mass is 620 g/mol. The van der Waals surface area contributed by atoms with E-state index in [1.54, 1.807) is 36.3 Å². The van der Waals surface area contributed by atoms with Crippen LogP contribution in [0, 0.1) is 17.6 Å². The minimum Gasteiger partial charge on any atom is -0.507 e. The maximum Gasteiger partial charge on any atom is 0.247 e. The predicted octanol–water partition coefficient (Wildman–Crippen LogP) is 6.94. The second-order valence-corrected chi connectivity index (χ2v) is 11.3. The summed E-state index contributed by atoms with van der Waals surface area (Å²) in [6.07, 6.45) is 6.24. The SMILES string of the molecule is CNc1cc2c(cc1/C(O)=C\C=O)-c1ccnc(c1)C(N1CCC(c3c(F)ccc(Cl)c3F)=CC1=O)CCCC(C)C(=O)N2. The van der Waals surface area contributed by atoms with Gasteiger partial charge in [0.15, 0.2) is 5.82 Å². The number of aromatic nitrogens is 1. The third kappa shape index (κ3) is 6.07. The van der Waals surface area contributed by atoms with Crippen LogP contribution in [0.25, 0.3) is 22.5 Å². The molecule has 3 aromatic rings. The molecule has 228 valence electrons. The van der Waals surface area contributed by atoms with Crippen molar-refractivity contribution in [3.8, 4) is 11.1 Å². The lowest BCUT2D eigenvalue weighted by Crippen LogP contribution is -2.38. The molecular formula is C33H31ClF2N4O4. The Morgan fingerprint density at radius 3 is 2.70 bits per heavy atom. The van der Waals surface area contributed by atoms with Crippen molar-refractivity contribution in [2.24, 2.45) is 5.92 Å². The van der Waals surface area contributed by atoms with E-state index in [1.165, 1.54) is 6.08 Å². The Kier molecular flexibility index (Phi) is 9.10. The molecule has 2 aromatic carbocycles. The van der Waals surface area contributed by atoms with E-state index in [9.17, 15) is 28.3 Å². The van der Waals surface area contributed by atoms with E-state index in [0.717, 1.165) is 18.2 Å². The highest BCUT2D eigenvalue weighted by Gasteiger charge is 2.31. The summed E-state index contributed by atoms with van der Waals surface area (Å²) in [4.78, 5) is 44.1. The van der Waals surface area contributed by atoms with E-state index in [-0.39, 0.29) is 46.7 Å². The summed E-state index contributed by atoms with van der Waals surface area (Å²) < 4.78 is 29.4. The molecule has 5 rings (SSSR count). The minimum absolute atomic E-state index is 0.188. The van der Waals surface area contributed by atoms with Crippen LogP contribution in [0.3, 0.4) is 0 Å². The number of nitrogens with one attached hydrogen (secondary N) is 2. The maximum absolute atomic E-state index is 14.8. The molecule has 0 radical (unpaired) electrons. The van der Waals surface area contributed by atoms with Crippen molar-refractivity contribution in [3.63, 3.8) is 0 Å². The molecule has 2 aliphatic heterocycles. The van der Waals surface area contributed by atoms with E-state index in [0.29, 0.717) is 59.3 Å². The van der Waals surface area contributed by atoms with E-state index >= 15 is 0 Å². The second kappa shape index (κ2) is 13.0. The average molecular weight is 621 g/mol. The first-order valence-corrected chi connectivity index (χ1v) is 14.6. The summed E-state index contributed by atoms with van der Waals surface area (Å²) in [5.41, 5.74) is 3.12. The normalized spacial score (nSPS) is 19.2. The van der Waals surface area contributed by atoms with Crippen LogP contribution in [0.15, 0.2) is 54.7 Å². The zero-order valence-electron chi connectivity index (χ0n) is 24.2. The van der Waals surface area contributed by atoms with Gasteiger partial charge in [-0.3, -0.25) is 19.4 Å². The molecule has 2 aliphatic rings. The van der Waals surface area contributed by atoms with Crippen molar-refractivity contribution >= 4 is 52.4 Å². The number of fused-ring (bicyclic) bond motifs is 4. The van der Waals surface area contributed by atoms with E-state index < -0.39 is 23.6 Å². The largest absolute Gasteiger partial charge is 0.507 e. The molecule has 2 bridgehead atoms. The quantitative estimate of drug-likeness (QED) is 0.123. The number of halogens is 3. The number of hydrogen-bond acceptors (Lipinski definition) is 6. The Hall–Kier alpha value is -4.57. The van der Waals surface area contributed by atoms with Crippen LogP contribution in [0.4, 0.5) is 20.2 Å². The number of carbonyl (C=O) groups excluding carboxylic acids is 3. The molecule has 3 N–H and O–H groups in total. The van der Waals surface area contributed by atoms with E-state index in [4.69, 9.17) is 11.6 Å². The standard InChI is InChI=1S/C33H31ClF2N4O4/c1-18-4-3-5-28(40-12-9-20(15-30(40)43)31-24(35)7-6-23(34)32(31)36)27-14-19(8-11-38-27)21-16-22(29(42)10-13-41)25(37-2)17-26(21)39-33(18)44/h6-8,10-11,13-18,28,37,42H,3-5,9,12H2,1-2H3,(H,39,44)/b29-10+. The molecule has 2 unspecified atom stereocenters. The van der Waals surface area contributed by atoms with Crippen molar-refractivity contribution in [1.82, 2.24) is 9.88 Å². The predicted molar refractivity (Wildman–Crippen MR) is 166 cm³/mol. The van der Waals surface area contributed by atoms with Gasteiger partial charge >= 0.3 is 0 Å². The molecule has 1 aromatic heterocycles. The first-order chi connectivity index (χ1) is 21.1. The number of nitrogens with zero attached hydrogens (tertiary/aromatic N) is 2. The number of hydrogen-bond donors (Lipinski definition) is 3. The van der Waals surface area contributed by atoms with Gasteiger partial charge in [0.25, 0.3) is 0 Å². The lowest BCUT2D eigenvalue weighted by atomic mass is 9.92. The highest BCUT2D eigenvalue weighted by molar-refractivity contribution is 6.31.